The highest BCUT2D eigenvalue weighted by Gasteiger charge is 2.30. The molecule has 1 unspecified atom stereocenters. The van der Waals surface area contributed by atoms with Crippen LogP contribution in [0.2, 0.25) is 5.02 Å². The number of hydrogen-bond acceptors (Lipinski definition) is 2. The molecule has 0 spiro atoms. The smallest absolute Gasteiger partial charge is 0.209 e. The highest BCUT2D eigenvalue weighted by atomic mass is 35.5. The maximum atomic E-state index is 15.2. The van der Waals surface area contributed by atoms with Gasteiger partial charge in [-0.15, -0.1) is 0 Å². The summed E-state index contributed by atoms with van der Waals surface area (Å²) in [5, 5.41) is 2.12. The van der Waals surface area contributed by atoms with E-state index in [9.17, 15) is 0 Å². The third kappa shape index (κ3) is 4.51. The van der Waals surface area contributed by atoms with Crippen LogP contribution in [-0.2, 0) is 18.0 Å². The number of nitrogens with zero attached hydrogens (tertiary/aromatic N) is 1. The van der Waals surface area contributed by atoms with Gasteiger partial charge in [-0.05, 0) is 42.2 Å². The Morgan fingerprint density at radius 3 is 2.54 bits per heavy atom. The van der Waals surface area contributed by atoms with Crippen LogP contribution in [-0.4, -0.2) is 26.2 Å². The van der Waals surface area contributed by atoms with E-state index < -0.39 is 5.13 Å². The lowest BCUT2D eigenvalue weighted by Crippen LogP contribution is -2.43. The summed E-state index contributed by atoms with van der Waals surface area (Å²) in [4.78, 5) is 2.36. The first-order valence-electron chi connectivity index (χ1n) is 9.21. The fourth-order valence-electron chi connectivity index (χ4n) is 3.45. The molecule has 0 radical (unpaired) electrons. The van der Waals surface area contributed by atoms with E-state index in [-0.39, 0.29) is 6.42 Å². The number of benzene rings is 2. The molecule has 140 valence electrons. The second kappa shape index (κ2) is 8.60. The molecule has 1 aliphatic heterocycles. The number of piperazine rings is 1. The maximum absolute atomic E-state index is 15.2. The maximum Gasteiger partial charge on any atom is 0.209 e. The Labute approximate surface area is 165 Å². The lowest BCUT2D eigenvalue weighted by Gasteiger charge is -2.32. The first-order chi connectivity index (χ1) is 12.5. The molecule has 5 heteroatoms. The first kappa shape index (κ1) is 19.5. The largest absolute Gasteiger partial charge is 0.369 e. The van der Waals surface area contributed by atoms with E-state index in [1.165, 1.54) is 5.69 Å². The fraction of sp³-hybridized carbons (Fsp3) is 0.429. The zero-order chi connectivity index (χ0) is 18.6. The van der Waals surface area contributed by atoms with Crippen LogP contribution in [0, 0.1) is 0 Å². The van der Waals surface area contributed by atoms with Gasteiger partial charge in [0.25, 0.3) is 0 Å². The van der Waals surface area contributed by atoms with Crippen molar-refractivity contribution in [2.24, 2.45) is 0 Å². The molecule has 2 aromatic carbocycles. The van der Waals surface area contributed by atoms with Crippen molar-refractivity contribution < 1.29 is 4.39 Å². The van der Waals surface area contributed by atoms with Gasteiger partial charge >= 0.3 is 0 Å². The van der Waals surface area contributed by atoms with E-state index in [0.29, 0.717) is 17.0 Å². The normalized spacial score (nSPS) is 17.2. The average Bonchev–Trinajstić information content (AvgIpc) is 2.67. The van der Waals surface area contributed by atoms with Crippen LogP contribution < -0.4 is 10.2 Å². The van der Waals surface area contributed by atoms with E-state index in [2.05, 4.69) is 17.1 Å². The van der Waals surface area contributed by atoms with Gasteiger partial charge in [0.05, 0.1) is 0 Å². The van der Waals surface area contributed by atoms with Crippen LogP contribution in [0.3, 0.4) is 0 Å². The molecule has 0 saturated carbocycles. The average molecular weight is 395 g/mol. The molecule has 1 aliphatic rings. The minimum atomic E-state index is -1.90. The SMILES string of the molecule is CCc1cc(C(F)(Cl)CCc2ccccc2Cl)ccc1N1CCNCC1. The molecule has 1 heterocycles. The van der Waals surface area contributed by atoms with Gasteiger partial charge in [-0.1, -0.05) is 54.4 Å². The van der Waals surface area contributed by atoms with E-state index >= 15 is 4.39 Å². The Bertz CT molecular complexity index is 743. The van der Waals surface area contributed by atoms with E-state index in [0.717, 1.165) is 43.7 Å². The predicted octanol–water partition coefficient (Wildman–Crippen LogP) is 5.31. The number of alkyl halides is 2. The van der Waals surface area contributed by atoms with Crippen molar-refractivity contribution in [1.82, 2.24) is 5.32 Å². The molecule has 2 nitrogen and oxygen atoms in total. The Hall–Kier alpha value is -1.29. The lowest BCUT2D eigenvalue weighted by molar-refractivity contribution is 0.265. The number of anilines is 1. The van der Waals surface area contributed by atoms with Crippen LogP contribution in [0.5, 0.6) is 0 Å². The quantitative estimate of drug-likeness (QED) is 0.668. The van der Waals surface area contributed by atoms with Crippen LogP contribution >= 0.6 is 23.2 Å². The van der Waals surface area contributed by atoms with Gasteiger partial charge < -0.3 is 10.2 Å². The Morgan fingerprint density at radius 2 is 1.85 bits per heavy atom. The molecule has 26 heavy (non-hydrogen) atoms. The molecular formula is C21H25Cl2FN2. The summed E-state index contributed by atoms with van der Waals surface area (Å²) < 4.78 is 15.2. The summed E-state index contributed by atoms with van der Waals surface area (Å²) in [7, 11) is 0. The molecular weight excluding hydrogens is 370 g/mol. The summed E-state index contributed by atoms with van der Waals surface area (Å²) in [6.45, 7) is 6.00. The van der Waals surface area contributed by atoms with Crippen molar-refractivity contribution in [2.45, 2.75) is 31.3 Å². The van der Waals surface area contributed by atoms with Gasteiger partial charge in [0.1, 0.15) is 0 Å². The molecule has 1 N–H and O–H groups in total. The van der Waals surface area contributed by atoms with Crippen LogP contribution in [0.15, 0.2) is 42.5 Å². The molecule has 3 rings (SSSR count). The molecule has 1 fully saturated rings. The molecule has 2 aromatic rings. The summed E-state index contributed by atoms with van der Waals surface area (Å²) in [6, 6.07) is 13.3. The van der Waals surface area contributed by atoms with Crippen molar-refractivity contribution >= 4 is 28.9 Å². The van der Waals surface area contributed by atoms with Gasteiger partial charge in [0.15, 0.2) is 0 Å². The minimum Gasteiger partial charge on any atom is -0.369 e. The highest BCUT2D eigenvalue weighted by molar-refractivity contribution is 6.31. The lowest BCUT2D eigenvalue weighted by atomic mass is 9.98. The first-order valence-corrected chi connectivity index (χ1v) is 9.97. The summed E-state index contributed by atoms with van der Waals surface area (Å²) in [5.41, 5.74) is 3.79. The summed E-state index contributed by atoms with van der Waals surface area (Å²) >= 11 is 12.5. The summed E-state index contributed by atoms with van der Waals surface area (Å²) in [6.07, 6.45) is 1.54. The van der Waals surface area contributed by atoms with Gasteiger partial charge in [-0.3, -0.25) is 0 Å². The van der Waals surface area contributed by atoms with Gasteiger partial charge in [-0.2, -0.15) is 0 Å². The van der Waals surface area contributed by atoms with Crippen molar-refractivity contribution in [1.29, 1.82) is 0 Å². The fourth-order valence-corrected chi connectivity index (χ4v) is 3.89. The number of aryl methyl sites for hydroxylation is 2. The van der Waals surface area contributed by atoms with Crippen molar-refractivity contribution in [2.75, 3.05) is 31.1 Å². The van der Waals surface area contributed by atoms with E-state index in [4.69, 9.17) is 23.2 Å². The van der Waals surface area contributed by atoms with Gasteiger partial charge in [-0.25, -0.2) is 4.39 Å². The Morgan fingerprint density at radius 1 is 1.12 bits per heavy atom. The number of halogens is 3. The third-order valence-corrected chi connectivity index (χ3v) is 5.78. The topological polar surface area (TPSA) is 15.3 Å². The van der Waals surface area contributed by atoms with Crippen LogP contribution in [0.4, 0.5) is 10.1 Å². The van der Waals surface area contributed by atoms with Crippen LogP contribution in [0.25, 0.3) is 0 Å². The minimum absolute atomic E-state index is 0.189. The number of hydrogen-bond donors (Lipinski definition) is 1. The highest BCUT2D eigenvalue weighted by Crippen LogP contribution is 2.38. The molecule has 0 aliphatic carbocycles. The molecule has 1 atom stereocenters. The second-order valence-corrected chi connectivity index (χ2v) is 7.74. The Balaban J connectivity index is 1.77. The molecule has 0 amide bonds. The Kier molecular flexibility index (Phi) is 6.44. The van der Waals surface area contributed by atoms with Crippen molar-refractivity contribution in [3.63, 3.8) is 0 Å². The standard InChI is InChI=1S/C21H25Cl2FN2/c1-2-16-15-18(7-8-20(16)26-13-11-25-12-14-26)21(23,24)10-9-17-5-3-4-6-19(17)22/h3-8,15,25H,2,9-14H2,1H3. The molecule has 1 saturated heterocycles. The zero-order valence-electron chi connectivity index (χ0n) is 15.1. The zero-order valence-corrected chi connectivity index (χ0v) is 16.6. The van der Waals surface area contributed by atoms with Crippen molar-refractivity contribution in [3.05, 3.63) is 64.2 Å². The number of rotatable bonds is 6. The molecule has 0 bridgehead atoms. The molecule has 0 aromatic heterocycles. The van der Waals surface area contributed by atoms with Crippen molar-refractivity contribution in [3.8, 4) is 0 Å². The third-order valence-electron chi connectivity index (χ3n) is 5.01. The second-order valence-electron chi connectivity index (χ2n) is 6.73. The van der Waals surface area contributed by atoms with Gasteiger partial charge in [0, 0.05) is 48.9 Å². The summed E-state index contributed by atoms with van der Waals surface area (Å²) in [5.74, 6) is 0. The number of nitrogens with one attached hydrogen (secondary N) is 1. The van der Waals surface area contributed by atoms with Crippen LogP contribution in [0.1, 0.15) is 30.0 Å². The monoisotopic (exact) mass is 394 g/mol. The van der Waals surface area contributed by atoms with E-state index in [1.54, 1.807) is 0 Å². The predicted molar refractivity (Wildman–Crippen MR) is 109 cm³/mol. The van der Waals surface area contributed by atoms with E-state index in [1.807, 2.05) is 42.5 Å². The van der Waals surface area contributed by atoms with Gasteiger partial charge in [0.2, 0.25) is 5.13 Å².